The van der Waals surface area contributed by atoms with Crippen LogP contribution in [0.5, 0.6) is 0 Å². The number of aryl methyl sites for hydroxylation is 1. The monoisotopic (exact) mass is 362 g/mol. The second-order valence-electron chi connectivity index (χ2n) is 4.24. The van der Waals surface area contributed by atoms with Gasteiger partial charge in [0.15, 0.2) is 0 Å². The zero-order chi connectivity index (χ0) is 13.2. The maximum Gasteiger partial charge on any atom is 0.248 e. The van der Waals surface area contributed by atoms with Crippen molar-refractivity contribution in [3.8, 4) is 22.9 Å². The highest BCUT2D eigenvalue weighted by atomic mass is 127. The van der Waals surface area contributed by atoms with E-state index in [2.05, 4.69) is 32.8 Å². The van der Waals surface area contributed by atoms with Crippen molar-refractivity contribution in [2.24, 2.45) is 0 Å². The summed E-state index contributed by atoms with van der Waals surface area (Å²) in [5, 5.41) is 8.26. The highest BCUT2D eigenvalue weighted by molar-refractivity contribution is 14.1. The molecule has 0 spiro atoms. The summed E-state index contributed by atoms with van der Waals surface area (Å²) in [5.74, 6) is 1.11. The zero-order valence-corrected chi connectivity index (χ0v) is 12.5. The highest BCUT2D eigenvalue weighted by Crippen LogP contribution is 2.26. The van der Waals surface area contributed by atoms with Crippen molar-refractivity contribution in [1.82, 2.24) is 10.2 Å². The van der Waals surface area contributed by atoms with Crippen LogP contribution in [0.15, 0.2) is 52.9 Å². The molecule has 0 aliphatic heterocycles. The van der Waals surface area contributed by atoms with Crippen LogP contribution in [0, 0.1) is 10.5 Å². The average Bonchev–Trinajstić information content (AvgIpc) is 2.89. The van der Waals surface area contributed by atoms with Gasteiger partial charge in [0.25, 0.3) is 0 Å². The van der Waals surface area contributed by atoms with Crippen molar-refractivity contribution in [1.29, 1.82) is 0 Å². The first-order valence-electron chi connectivity index (χ1n) is 5.89. The lowest BCUT2D eigenvalue weighted by Crippen LogP contribution is -1.81. The van der Waals surface area contributed by atoms with Crippen LogP contribution in [-0.2, 0) is 0 Å². The standard InChI is InChI=1S/C15H11IN2O/c1-10-5-2-3-8-13(10)15-18-17-14(19-15)11-6-4-7-12(16)9-11/h2-9H,1H3. The van der Waals surface area contributed by atoms with Crippen LogP contribution in [0.1, 0.15) is 5.56 Å². The summed E-state index contributed by atoms with van der Waals surface area (Å²) < 4.78 is 6.91. The molecule has 0 bridgehead atoms. The number of hydrogen-bond acceptors (Lipinski definition) is 3. The lowest BCUT2D eigenvalue weighted by molar-refractivity contribution is 0.584. The van der Waals surface area contributed by atoms with E-state index >= 15 is 0 Å². The zero-order valence-electron chi connectivity index (χ0n) is 10.3. The fourth-order valence-corrected chi connectivity index (χ4v) is 2.43. The number of nitrogens with zero attached hydrogens (tertiary/aromatic N) is 2. The van der Waals surface area contributed by atoms with Crippen molar-refractivity contribution < 1.29 is 4.42 Å². The van der Waals surface area contributed by atoms with Gasteiger partial charge in [-0.3, -0.25) is 0 Å². The summed E-state index contributed by atoms with van der Waals surface area (Å²) >= 11 is 2.27. The minimum Gasteiger partial charge on any atom is -0.416 e. The van der Waals surface area contributed by atoms with Crippen LogP contribution in [0.4, 0.5) is 0 Å². The molecule has 1 aromatic heterocycles. The van der Waals surface area contributed by atoms with Crippen LogP contribution < -0.4 is 0 Å². The smallest absolute Gasteiger partial charge is 0.248 e. The van der Waals surface area contributed by atoms with E-state index in [4.69, 9.17) is 4.42 Å². The van der Waals surface area contributed by atoms with E-state index in [0.717, 1.165) is 20.3 Å². The molecule has 0 amide bonds. The number of aromatic nitrogens is 2. The summed E-state index contributed by atoms with van der Waals surface area (Å²) in [4.78, 5) is 0. The van der Waals surface area contributed by atoms with Crippen LogP contribution in [0.2, 0.25) is 0 Å². The molecule has 94 valence electrons. The second-order valence-corrected chi connectivity index (χ2v) is 5.48. The first-order chi connectivity index (χ1) is 9.24. The number of benzene rings is 2. The van der Waals surface area contributed by atoms with Gasteiger partial charge in [0.05, 0.1) is 0 Å². The van der Waals surface area contributed by atoms with E-state index < -0.39 is 0 Å². The predicted octanol–water partition coefficient (Wildman–Crippen LogP) is 4.32. The number of halogens is 1. The predicted molar refractivity (Wildman–Crippen MR) is 82.6 cm³/mol. The number of rotatable bonds is 2. The van der Waals surface area contributed by atoms with Crippen LogP contribution in [-0.4, -0.2) is 10.2 Å². The van der Waals surface area contributed by atoms with Crippen LogP contribution >= 0.6 is 22.6 Å². The highest BCUT2D eigenvalue weighted by Gasteiger charge is 2.11. The maximum absolute atomic E-state index is 5.77. The Morgan fingerprint density at radius 1 is 0.947 bits per heavy atom. The molecule has 0 aliphatic rings. The van der Waals surface area contributed by atoms with Crippen LogP contribution in [0.25, 0.3) is 22.9 Å². The Morgan fingerprint density at radius 2 is 1.74 bits per heavy atom. The Balaban J connectivity index is 2.03. The Hall–Kier alpha value is -1.69. The Labute approximate surface area is 124 Å². The van der Waals surface area contributed by atoms with Gasteiger partial charge in [-0.05, 0) is 59.3 Å². The minimum absolute atomic E-state index is 0.553. The van der Waals surface area contributed by atoms with Gasteiger partial charge in [-0.25, -0.2) is 0 Å². The molecule has 2 aromatic carbocycles. The molecule has 0 fully saturated rings. The Morgan fingerprint density at radius 3 is 2.53 bits per heavy atom. The van der Waals surface area contributed by atoms with Gasteiger partial charge in [0.1, 0.15) is 0 Å². The van der Waals surface area contributed by atoms with Crippen molar-refractivity contribution in [3.63, 3.8) is 0 Å². The second kappa shape index (κ2) is 5.13. The van der Waals surface area contributed by atoms with Crippen molar-refractivity contribution >= 4 is 22.6 Å². The maximum atomic E-state index is 5.77. The molecule has 0 saturated heterocycles. The molecule has 4 heteroatoms. The van der Waals surface area contributed by atoms with Crippen molar-refractivity contribution in [2.45, 2.75) is 6.92 Å². The molecular weight excluding hydrogens is 351 g/mol. The van der Waals surface area contributed by atoms with E-state index in [-0.39, 0.29) is 0 Å². The van der Waals surface area contributed by atoms with Crippen molar-refractivity contribution in [2.75, 3.05) is 0 Å². The third-order valence-corrected chi connectivity index (χ3v) is 3.54. The Kier molecular flexibility index (Phi) is 3.33. The summed E-state index contributed by atoms with van der Waals surface area (Å²) in [6, 6.07) is 16.0. The van der Waals surface area contributed by atoms with E-state index in [1.54, 1.807) is 0 Å². The van der Waals surface area contributed by atoms with Gasteiger partial charge in [0.2, 0.25) is 11.8 Å². The molecule has 0 unspecified atom stereocenters. The van der Waals surface area contributed by atoms with Gasteiger partial charge in [0, 0.05) is 14.7 Å². The van der Waals surface area contributed by atoms with Crippen molar-refractivity contribution in [3.05, 3.63) is 57.7 Å². The minimum atomic E-state index is 0.553. The molecule has 3 rings (SSSR count). The number of hydrogen-bond donors (Lipinski definition) is 0. The third kappa shape index (κ3) is 2.53. The van der Waals surface area contributed by atoms with E-state index in [0.29, 0.717) is 11.8 Å². The summed E-state index contributed by atoms with van der Waals surface area (Å²) in [5.41, 5.74) is 3.05. The summed E-state index contributed by atoms with van der Waals surface area (Å²) in [6.07, 6.45) is 0. The molecule has 3 nitrogen and oxygen atoms in total. The molecule has 0 atom stereocenters. The third-order valence-electron chi connectivity index (χ3n) is 2.87. The first kappa shape index (κ1) is 12.3. The lowest BCUT2D eigenvalue weighted by atomic mass is 10.1. The fraction of sp³-hybridized carbons (Fsp3) is 0.0667. The lowest BCUT2D eigenvalue weighted by Gasteiger charge is -1.99. The molecule has 0 radical (unpaired) electrons. The summed E-state index contributed by atoms with van der Waals surface area (Å²) in [6.45, 7) is 2.03. The molecule has 1 heterocycles. The molecule has 19 heavy (non-hydrogen) atoms. The molecule has 0 saturated carbocycles. The average molecular weight is 362 g/mol. The van der Waals surface area contributed by atoms with E-state index in [1.165, 1.54) is 0 Å². The normalized spacial score (nSPS) is 10.6. The first-order valence-corrected chi connectivity index (χ1v) is 6.97. The molecule has 0 N–H and O–H groups in total. The molecular formula is C15H11IN2O. The van der Waals surface area contributed by atoms with Gasteiger partial charge < -0.3 is 4.42 Å². The van der Waals surface area contributed by atoms with Gasteiger partial charge >= 0.3 is 0 Å². The SMILES string of the molecule is Cc1ccccc1-c1nnc(-c2cccc(I)c2)o1. The van der Waals surface area contributed by atoms with Gasteiger partial charge in [-0.15, -0.1) is 10.2 Å². The van der Waals surface area contributed by atoms with E-state index in [1.807, 2.05) is 55.5 Å². The quantitative estimate of drug-likeness (QED) is 0.638. The Bertz CT molecular complexity index is 721. The van der Waals surface area contributed by atoms with E-state index in [9.17, 15) is 0 Å². The topological polar surface area (TPSA) is 38.9 Å². The van der Waals surface area contributed by atoms with Gasteiger partial charge in [-0.1, -0.05) is 24.3 Å². The van der Waals surface area contributed by atoms with Gasteiger partial charge in [-0.2, -0.15) is 0 Å². The van der Waals surface area contributed by atoms with Crippen LogP contribution in [0.3, 0.4) is 0 Å². The largest absolute Gasteiger partial charge is 0.416 e. The molecule has 0 aliphatic carbocycles. The fourth-order valence-electron chi connectivity index (χ4n) is 1.88. The molecule has 3 aromatic rings. The summed E-state index contributed by atoms with van der Waals surface area (Å²) in [7, 11) is 0.